The summed E-state index contributed by atoms with van der Waals surface area (Å²) in [5.41, 5.74) is 0. The van der Waals surface area contributed by atoms with E-state index in [0.717, 1.165) is 0 Å². The van der Waals surface area contributed by atoms with Crippen molar-refractivity contribution < 1.29 is 43.0 Å². The van der Waals surface area contributed by atoms with E-state index < -0.39 is 0 Å². The Labute approximate surface area is 61.6 Å². The van der Waals surface area contributed by atoms with Gasteiger partial charge in [-0.2, -0.15) is 0 Å². The largest absolute Gasteiger partial charge is 2.00 e. The van der Waals surface area contributed by atoms with E-state index in [2.05, 4.69) is 0 Å². The van der Waals surface area contributed by atoms with Crippen LogP contribution in [-0.4, -0.2) is 18.9 Å². The maximum Gasteiger partial charge on any atom is 2.00 e. The summed E-state index contributed by atoms with van der Waals surface area (Å²) in [5.74, 6) is 0. The van der Waals surface area contributed by atoms with Gasteiger partial charge < -0.3 is 5.48 Å². The Kier molecular flexibility index (Phi) is 233. The fourth-order valence-electron chi connectivity index (χ4n) is 0. The molecule has 0 aliphatic heterocycles. The number of hydrogen-bond acceptors (Lipinski definition) is 0. The molecular formula is HLiNiOW. The molecule has 0 unspecified atom stereocenters. The molecule has 0 heterocycles. The molecule has 0 aliphatic carbocycles. The fourth-order valence-corrected chi connectivity index (χ4v) is 0. The summed E-state index contributed by atoms with van der Waals surface area (Å²) in [6, 6.07) is 0. The molecule has 0 fully saturated rings. The zero-order valence-electron chi connectivity index (χ0n) is 1.13. The molecule has 0 aliphatic rings. The van der Waals surface area contributed by atoms with E-state index in [1.54, 1.807) is 0 Å². The summed E-state index contributed by atoms with van der Waals surface area (Å²) in [4.78, 5) is 0. The normalized spacial score (nSPS) is 0. The Bertz CT molecular complexity index is 8.00. The van der Waals surface area contributed by atoms with Gasteiger partial charge in [0.2, 0.25) is 0 Å². The quantitative estimate of drug-likeness (QED) is 0.515. The molecule has 24 valence electrons. The Balaban J connectivity index is 0. The zero-order chi connectivity index (χ0) is 0. The zero-order valence-corrected chi connectivity index (χ0v) is 5.05. The van der Waals surface area contributed by atoms with Crippen LogP contribution >= 0.6 is 0 Å². The second-order valence-electron chi connectivity index (χ2n) is 0. The topological polar surface area (TPSA) is 28.5 Å². The molecule has 0 aromatic heterocycles. The van der Waals surface area contributed by atoms with Crippen LogP contribution in [0.5, 0.6) is 0 Å². The Hall–Kier alpha value is 1.74. The second kappa shape index (κ2) is 21.9. The molecule has 0 aromatic carbocycles. The van der Waals surface area contributed by atoms with Crippen LogP contribution in [0, 0.1) is 0 Å². The molecule has 0 amide bonds. The van der Waals surface area contributed by atoms with E-state index in [4.69, 9.17) is 0 Å². The molecule has 0 rings (SSSR count). The smallest absolute Gasteiger partial charge is 2.00 e. The van der Waals surface area contributed by atoms with Gasteiger partial charge in [-0.15, -0.1) is 0 Å². The predicted octanol–water partition coefficient (Wildman–Crippen LogP) is -0.772. The second-order valence-corrected chi connectivity index (χ2v) is 0. The minimum Gasteiger partial charge on any atom is -2.00 e. The molecule has 0 radical (unpaired) electrons. The van der Waals surface area contributed by atoms with Gasteiger partial charge in [-0.3, -0.25) is 0 Å². The van der Waals surface area contributed by atoms with E-state index in [-0.39, 0.29) is 61.9 Å². The van der Waals surface area contributed by atoms with Crippen molar-refractivity contribution in [2.75, 3.05) is 0 Å². The first-order chi connectivity index (χ1) is 0. The van der Waals surface area contributed by atoms with Crippen LogP contribution in [0.2, 0.25) is 0 Å². The van der Waals surface area contributed by atoms with E-state index in [0.29, 0.717) is 0 Å². The first kappa shape index (κ1) is 42.6. The predicted molar refractivity (Wildman–Crippen MR) is 7.84 cm³/mol. The molecular weight excluding hydrogens is 265 g/mol. The van der Waals surface area contributed by atoms with Gasteiger partial charge in [-0.1, -0.05) is 0 Å². The maximum absolute atomic E-state index is 0. The maximum atomic E-state index is 0. The summed E-state index contributed by atoms with van der Waals surface area (Å²) in [6.07, 6.45) is 0. The Morgan fingerprint density at radius 1 is 1.00 bits per heavy atom. The van der Waals surface area contributed by atoms with Gasteiger partial charge in [0.25, 0.3) is 0 Å². The van der Waals surface area contributed by atoms with Crippen molar-refractivity contribution >= 4 is 18.9 Å². The monoisotopic (exact) mass is 266 g/mol. The minimum absolute atomic E-state index is 0. The molecule has 1 nitrogen and oxygen atoms in total. The number of hydrogen-bond donors (Lipinski definition) is 0. The van der Waals surface area contributed by atoms with Crippen LogP contribution in [0.15, 0.2) is 0 Å². The molecule has 0 atom stereocenters. The van der Waals surface area contributed by atoms with Crippen molar-refractivity contribution in [2.24, 2.45) is 0 Å². The van der Waals surface area contributed by atoms with Crippen LogP contribution in [0.25, 0.3) is 0 Å². The molecule has 0 bridgehead atoms. The molecule has 0 spiro atoms. The average Bonchev–Trinajstić information content (AvgIpc) is 0. The third-order valence-corrected chi connectivity index (χ3v) is 0. The van der Waals surface area contributed by atoms with Crippen molar-refractivity contribution in [3.8, 4) is 0 Å². The van der Waals surface area contributed by atoms with Gasteiger partial charge in [0.15, 0.2) is 0 Å². The van der Waals surface area contributed by atoms with E-state index in [1.165, 1.54) is 0 Å². The van der Waals surface area contributed by atoms with Gasteiger partial charge in [-0.05, 0) is 0 Å². The first-order valence-corrected chi connectivity index (χ1v) is 0. The molecule has 4 heavy (non-hydrogen) atoms. The summed E-state index contributed by atoms with van der Waals surface area (Å²) >= 11 is 0. The SMILES string of the molecule is [LiH].[Ni+2].[O-2].[W]. The van der Waals surface area contributed by atoms with E-state index in [9.17, 15) is 0 Å². The summed E-state index contributed by atoms with van der Waals surface area (Å²) < 4.78 is 0. The van der Waals surface area contributed by atoms with Crippen LogP contribution in [0.4, 0.5) is 0 Å². The van der Waals surface area contributed by atoms with Gasteiger partial charge in [0.05, 0.1) is 0 Å². The van der Waals surface area contributed by atoms with Gasteiger partial charge >= 0.3 is 35.4 Å². The van der Waals surface area contributed by atoms with E-state index >= 15 is 0 Å². The summed E-state index contributed by atoms with van der Waals surface area (Å²) in [7, 11) is 0. The van der Waals surface area contributed by atoms with Crippen molar-refractivity contribution in [1.29, 1.82) is 0 Å². The first-order valence-electron chi connectivity index (χ1n) is 0. The summed E-state index contributed by atoms with van der Waals surface area (Å²) in [5, 5.41) is 0. The molecule has 0 N–H and O–H groups in total. The van der Waals surface area contributed by atoms with Crippen LogP contribution in [-0.2, 0) is 43.0 Å². The van der Waals surface area contributed by atoms with Gasteiger partial charge in [0.1, 0.15) is 0 Å². The van der Waals surface area contributed by atoms with Crippen LogP contribution < -0.4 is 0 Å². The van der Waals surface area contributed by atoms with Crippen molar-refractivity contribution in [1.82, 2.24) is 0 Å². The van der Waals surface area contributed by atoms with E-state index in [1.807, 2.05) is 0 Å². The van der Waals surface area contributed by atoms with Gasteiger partial charge in [0, 0.05) is 21.1 Å². The number of rotatable bonds is 0. The molecule has 4 heteroatoms. The molecule has 0 aromatic rings. The Morgan fingerprint density at radius 3 is 1.00 bits per heavy atom. The van der Waals surface area contributed by atoms with Crippen molar-refractivity contribution in [3.05, 3.63) is 0 Å². The van der Waals surface area contributed by atoms with Crippen LogP contribution in [0.3, 0.4) is 0 Å². The van der Waals surface area contributed by atoms with Crippen LogP contribution in [0.1, 0.15) is 0 Å². The average molecular weight is 266 g/mol. The molecule has 0 saturated carbocycles. The van der Waals surface area contributed by atoms with Crippen molar-refractivity contribution in [3.63, 3.8) is 0 Å². The Morgan fingerprint density at radius 2 is 1.00 bits per heavy atom. The van der Waals surface area contributed by atoms with Crippen molar-refractivity contribution in [2.45, 2.75) is 0 Å². The third kappa shape index (κ3) is 9.28. The fraction of sp³-hybridized carbons (Fsp3) is 0. The molecule has 0 saturated heterocycles. The van der Waals surface area contributed by atoms with Gasteiger partial charge in [-0.25, -0.2) is 0 Å². The minimum atomic E-state index is 0. The third-order valence-electron chi connectivity index (χ3n) is 0. The summed E-state index contributed by atoms with van der Waals surface area (Å²) in [6.45, 7) is 0. The standard InChI is InChI=1S/Li.Ni.O.W.H/q;+2;-2;;.